The minimum absolute atomic E-state index is 0.245. The topological polar surface area (TPSA) is 17.1 Å². The largest absolute Gasteiger partial charge is 0.299 e. The second-order valence-electron chi connectivity index (χ2n) is 2.11. The summed E-state index contributed by atoms with van der Waals surface area (Å²) in [5, 5.41) is 0. The third-order valence-electron chi connectivity index (χ3n) is 1.54. The van der Waals surface area contributed by atoms with Gasteiger partial charge in [0.1, 0.15) is 5.78 Å². The van der Waals surface area contributed by atoms with E-state index in [0.717, 1.165) is 6.42 Å². The third-order valence-corrected chi connectivity index (χ3v) is 1.54. The Morgan fingerprint density at radius 2 is 2.62 bits per heavy atom. The molecule has 0 N–H and O–H groups in total. The van der Waals surface area contributed by atoms with Gasteiger partial charge in [-0.2, -0.15) is 0 Å². The van der Waals surface area contributed by atoms with Gasteiger partial charge < -0.3 is 0 Å². The van der Waals surface area contributed by atoms with Gasteiger partial charge in [-0.05, 0) is 6.42 Å². The van der Waals surface area contributed by atoms with E-state index in [9.17, 15) is 4.79 Å². The second-order valence-corrected chi connectivity index (χ2v) is 2.11. The highest BCUT2D eigenvalue weighted by Crippen LogP contribution is 2.15. The minimum atomic E-state index is 0.245. The average molecular weight is 110 g/mol. The number of hydrogen-bond acceptors (Lipinski definition) is 1. The molecular weight excluding hydrogens is 100 g/mol. The first-order chi connectivity index (χ1) is 3.84. The molecule has 0 saturated carbocycles. The molecular formula is C7H10O. The van der Waals surface area contributed by atoms with Gasteiger partial charge in [-0.25, -0.2) is 0 Å². The molecule has 44 valence electrons. The van der Waals surface area contributed by atoms with Crippen molar-refractivity contribution in [1.29, 1.82) is 0 Å². The molecule has 0 saturated heterocycles. The molecule has 1 heteroatoms. The van der Waals surface area contributed by atoms with Crippen molar-refractivity contribution in [1.82, 2.24) is 0 Å². The van der Waals surface area contributed by atoms with Crippen molar-refractivity contribution in [2.75, 3.05) is 0 Å². The number of rotatable bonds is 1. The molecule has 0 bridgehead atoms. The molecule has 1 aliphatic rings. The number of carbonyl (C=O) groups is 1. The van der Waals surface area contributed by atoms with E-state index in [4.69, 9.17) is 0 Å². The lowest BCUT2D eigenvalue weighted by Crippen LogP contribution is -2.03. The maximum Gasteiger partial charge on any atom is 0.143 e. The zero-order valence-corrected chi connectivity index (χ0v) is 5.05. The Kier molecular flexibility index (Phi) is 1.47. The Labute approximate surface area is 49.4 Å². The van der Waals surface area contributed by atoms with E-state index in [1.165, 1.54) is 0 Å². The van der Waals surface area contributed by atoms with Crippen LogP contribution < -0.4 is 0 Å². The fourth-order valence-corrected chi connectivity index (χ4v) is 0.971. The SMILES string of the molecule is CCC1C=CCC1=O. The number of Topliss-reactive ketones (excluding diaryl/α,β-unsaturated/α-hetero) is 1. The van der Waals surface area contributed by atoms with Crippen LogP contribution in [-0.2, 0) is 4.79 Å². The molecule has 0 heterocycles. The molecule has 0 spiro atoms. The Bertz CT molecular complexity index is 124. The van der Waals surface area contributed by atoms with Gasteiger partial charge in [0.25, 0.3) is 0 Å². The lowest BCUT2D eigenvalue weighted by molar-refractivity contribution is -0.120. The van der Waals surface area contributed by atoms with Crippen LogP contribution >= 0.6 is 0 Å². The first-order valence-corrected chi connectivity index (χ1v) is 3.04. The van der Waals surface area contributed by atoms with Gasteiger partial charge in [0.15, 0.2) is 0 Å². The van der Waals surface area contributed by atoms with E-state index < -0.39 is 0 Å². The van der Waals surface area contributed by atoms with Crippen LogP contribution in [0.5, 0.6) is 0 Å². The molecule has 1 atom stereocenters. The van der Waals surface area contributed by atoms with Gasteiger partial charge >= 0.3 is 0 Å². The van der Waals surface area contributed by atoms with Gasteiger partial charge in [-0.3, -0.25) is 4.79 Å². The number of carbonyl (C=O) groups excluding carboxylic acids is 1. The predicted octanol–water partition coefficient (Wildman–Crippen LogP) is 1.54. The zero-order valence-electron chi connectivity index (χ0n) is 5.05. The summed E-state index contributed by atoms with van der Waals surface area (Å²) in [6.45, 7) is 2.04. The molecule has 0 aromatic rings. The normalized spacial score (nSPS) is 27.1. The highest BCUT2D eigenvalue weighted by Gasteiger charge is 2.15. The average Bonchev–Trinajstić information content (AvgIpc) is 2.14. The smallest absolute Gasteiger partial charge is 0.143 e. The van der Waals surface area contributed by atoms with Gasteiger partial charge in [0.2, 0.25) is 0 Å². The first kappa shape index (κ1) is 5.54. The van der Waals surface area contributed by atoms with Gasteiger partial charge in [0.05, 0.1) is 0 Å². The Balaban J connectivity index is 2.53. The molecule has 0 aliphatic heterocycles. The fraction of sp³-hybridized carbons (Fsp3) is 0.571. The zero-order chi connectivity index (χ0) is 5.98. The van der Waals surface area contributed by atoms with Crippen LogP contribution in [0.3, 0.4) is 0 Å². The van der Waals surface area contributed by atoms with E-state index in [1.807, 2.05) is 19.1 Å². The van der Waals surface area contributed by atoms with Crippen molar-refractivity contribution in [2.45, 2.75) is 19.8 Å². The Hall–Kier alpha value is -0.590. The van der Waals surface area contributed by atoms with Gasteiger partial charge in [-0.15, -0.1) is 0 Å². The monoisotopic (exact) mass is 110 g/mol. The minimum Gasteiger partial charge on any atom is -0.299 e. The molecule has 1 nitrogen and oxygen atoms in total. The standard InChI is InChI=1S/C7H10O/c1-2-6-4-3-5-7(6)8/h3-4,6H,2,5H2,1H3. The molecule has 1 aliphatic carbocycles. The van der Waals surface area contributed by atoms with Gasteiger partial charge in [0, 0.05) is 12.3 Å². The summed E-state index contributed by atoms with van der Waals surface area (Å²) in [6.07, 6.45) is 5.59. The summed E-state index contributed by atoms with van der Waals surface area (Å²) in [5.74, 6) is 0.627. The molecule has 1 unspecified atom stereocenters. The summed E-state index contributed by atoms with van der Waals surface area (Å²) < 4.78 is 0. The van der Waals surface area contributed by atoms with Crippen LogP contribution in [-0.4, -0.2) is 5.78 Å². The number of allylic oxidation sites excluding steroid dienone is 2. The van der Waals surface area contributed by atoms with E-state index >= 15 is 0 Å². The van der Waals surface area contributed by atoms with E-state index in [2.05, 4.69) is 0 Å². The lowest BCUT2D eigenvalue weighted by atomic mass is 10.1. The van der Waals surface area contributed by atoms with Crippen molar-refractivity contribution < 1.29 is 4.79 Å². The van der Waals surface area contributed by atoms with Crippen LogP contribution in [0.2, 0.25) is 0 Å². The van der Waals surface area contributed by atoms with Crippen LogP contribution in [0.1, 0.15) is 19.8 Å². The van der Waals surface area contributed by atoms with Gasteiger partial charge in [-0.1, -0.05) is 19.1 Å². The van der Waals surface area contributed by atoms with Crippen LogP contribution in [0.25, 0.3) is 0 Å². The van der Waals surface area contributed by atoms with E-state index in [0.29, 0.717) is 12.2 Å². The molecule has 1 rings (SSSR count). The van der Waals surface area contributed by atoms with E-state index in [-0.39, 0.29) is 5.92 Å². The maximum atomic E-state index is 10.7. The highest BCUT2D eigenvalue weighted by molar-refractivity contribution is 5.86. The molecule has 0 aromatic carbocycles. The summed E-state index contributed by atoms with van der Waals surface area (Å²) in [7, 11) is 0. The third kappa shape index (κ3) is 0.808. The Morgan fingerprint density at radius 3 is 2.88 bits per heavy atom. The molecule has 0 fully saturated rings. The Morgan fingerprint density at radius 1 is 1.88 bits per heavy atom. The van der Waals surface area contributed by atoms with Crippen LogP contribution in [0.4, 0.5) is 0 Å². The summed E-state index contributed by atoms with van der Waals surface area (Å²) in [5.41, 5.74) is 0. The number of hydrogen-bond donors (Lipinski definition) is 0. The van der Waals surface area contributed by atoms with Crippen molar-refractivity contribution in [3.63, 3.8) is 0 Å². The molecule has 0 radical (unpaired) electrons. The highest BCUT2D eigenvalue weighted by atomic mass is 16.1. The van der Waals surface area contributed by atoms with Crippen molar-refractivity contribution in [2.24, 2.45) is 5.92 Å². The second kappa shape index (κ2) is 2.12. The first-order valence-electron chi connectivity index (χ1n) is 3.04. The van der Waals surface area contributed by atoms with Crippen molar-refractivity contribution in [3.8, 4) is 0 Å². The molecule has 0 amide bonds. The maximum absolute atomic E-state index is 10.7. The molecule has 0 aromatic heterocycles. The summed E-state index contributed by atoms with van der Waals surface area (Å²) >= 11 is 0. The van der Waals surface area contributed by atoms with Crippen LogP contribution in [0.15, 0.2) is 12.2 Å². The van der Waals surface area contributed by atoms with Crippen LogP contribution in [0, 0.1) is 5.92 Å². The summed E-state index contributed by atoms with van der Waals surface area (Å²) in [6, 6.07) is 0. The van der Waals surface area contributed by atoms with Crippen molar-refractivity contribution in [3.05, 3.63) is 12.2 Å². The quantitative estimate of drug-likeness (QED) is 0.468. The predicted molar refractivity (Wildman–Crippen MR) is 32.5 cm³/mol. The fourth-order valence-electron chi connectivity index (χ4n) is 0.971. The lowest BCUT2D eigenvalue weighted by Gasteiger charge is -1.97. The molecule has 8 heavy (non-hydrogen) atoms. The van der Waals surface area contributed by atoms with E-state index in [1.54, 1.807) is 0 Å². The van der Waals surface area contributed by atoms with Crippen molar-refractivity contribution >= 4 is 5.78 Å². The summed E-state index contributed by atoms with van der Waals surface area (Å²) in [4.78, 5) is 10.7. The number of ketones is 1.